The number of aliphatic hydroxyl groups is 1. The third-order valence-electron chi connectivity index (χ3n) is 9.09. The molecule has 0 atom stereocenters. The van der Waals surface area contributed by atoms with Crippen LogP contribution in [0, 0.1) is 5.92 Å². The minimum absolute atomic E-state index is 0.0623. The third kappa shape index (κ3) is 6.81. The van der Waals surface area contributed by atoms with E-state index in [-0.39, 0.29) is 23.9 Å². The van der Waals surface area contributed by atoms with Crippen molar-refractivity contribution in [2.24, 2.45) is 5.92 Å². The zero-order chi connectivity index (χ0) is 27.2. The molecule has 1 aliphatic carbocycles. The molecule has 0 unspecified atom stereocenters. The van der Waals surface area contributed by atoms with Gasteiger partial charge >= 0.3 is 0 Å². The second-order valence-electron chi connectivity index (χ2n) is 11.9. The van der Waals surface area contributed by atoms with Gasteiger partial charge in [-0.25, -0.2) is 0 Å². The first-order valence-electron chi connectivity index (χ1n) is 15.0. The van der Waals surface area contributed by atoms with Crippen LogP contribution in [0.4, 0.5) is 0 Å². The van der Waals surface area contributed by atoms with E-state index in [0.717, 1.165) is 44.3 Å². The Morgan fingerprint density at radius 3 is 2.23 bits per heavy atom. The fourth-order valence-electron chi connectivity index (χ4n) is 6.60. The molecule has 0 spiro atoms. The summed E-state index contributed by atoms with van der Waals surface area (Å²) in [6.45, 7) is 2.56. The fraction of sp³-hybridized carbons (Fsp3) is 0.594. The lowest BCUT2D eigenvalue weighted by Gasteiger charge is -2.39. The first-order valence-corrected chi connectivity index (χ1v) is 15.0. The molecule has 1 aromatic carbocycles. The summed E-state index contributed by atoms with van der Waals surface area (Å²) in [4.78, 5) is 43.5. The quantitative estimate of drug-likeness (QED) is 0.551. The van der Waals surface area contributed by atoms with Gasteiger partial charge in [-0.05, 0) is 50.0 Å². The van der Waals surface area contributed by atoms with Gasteiger partial charge in [0.25, 0.3) is 11.5 Å². The van der Waals surface area contributed by atoms with Crippen molar-refractivity contribution in [2.75, 3.05) is 26.2 Å². The van der Waals surface area contributed by atoms with E-state index in [1.165, 1.54) is 36.7 Å². The van der Waals surface area contributed by atoms with Crippen molar-refractivity contribution in [1.82, 2.24) is 14.4 Å². The first-order chi connectivity index (χ1) is 18.9. The molecule has 39 heavy (non-hydrogen) atoms. The van der Waals surface area contributed by atoms with Crippen LogP contribution < -0.4 is 5.56 Å². The fourth-order valence-corrected chi connectivity index (χ4v) is 6.60. The highest BCUT2D eigenvalue weighted by Crippen LogP contribution is 2.30. The lowest BCUT2D eigenvalue weighted by atomic mass is 9.85. The molecule has 7 heteroatoms. The van der Waals surface area contributed by atoms with Gasteiger partial charge < -0.3 is 19.5 Å². The number of pyridine rings is 1. The summed E-state index contributed by atoms with van der Waals surface area (Å²) in [5.41, 5.74) is 0.646. The van der Waals surface area contributed by atoms with E-state index in [1.807, 2.05) is 40.1 Å². The molecule has 2 amide bonds. The Hall–Kier alpha value is -2.93. The number of likely N-dealkylation sites (tertiary alicyclic amines) is 2. The van der Waals surface area contributed by atoms with Crippen LogP contribution in [0.15, 0.2) is 47.4 Å². The zero-order valence-corrected chi connectivity index (χ0v) is 23.2. The molecular weight excluding hydrogens is 490 g/mol. The number of hydrogen-bond donors (Lipinski definition) is 1. The van der Waals surface area contributed by atoms with Crippen molar-refractivity contribution in [3.63, 3.8) is 0 Å². The maximum atomic E-state index is 13.6. The first kappa shape index (κ1) is 27.6. The number of benzene rings is 1. The second kappa shape index (κ2) is 12.5. The largest absolute Gasteiger partial charge is 0.388 e. The Morgan fingerprint density at radius 1 is 0.872 bits per heavy atom. The van der Waals surface area contributed by atoms with Crippen LogP contribution in [0.5, 0.6) is 0 Å². The van der Waals surface area contributed by atoms with E-state index in [1.54, 1.807) is 12.3 Å². The number of carbonyl (C=O) groups excluding carboxylic acids is 2. The Kier molecular flexibility index (Phi) is 8.85. The van der Waals surface area contributed by atoms with Gasteiger partial charge in [0, 0.05) is 50.4 Å². The minimum atomic E-state index is -1.09. The molecule has 210 valence electrons. The summed E-state index contributed by atoms with van der Waals surface area (Å²) in [6.07, 6.45) is 13.5. The molecule has 5 rings (SSSR count). The normalized spacial score (nSPS) is 20.1. The van der Waals surface area contributed by atoms with Crippen molar-refractivity contribution in [3.8, 4) is 11.1 Å². The summed E-state index contributed by atoms with van der Waals surface area (Å²) in [6, 6.07) is 11.1. The van der Waals surface area contributed by atoms with Crippen molar-refractivity contribution in [2.45, 2.75) is 89.2 Å². The van der Waals surface area contributed by atoms with Crippen LogP contribution in [0.2, 0.25) is 0 Å². The molecule has 1 saturated carbocycles. The molecule has 1 aromatic heterocycles. The van der Waals surface area contributed by atoms with E-state index < -0.39 is 5.60 Å². The maximum absolute atomic E-state index is 13.6. The van der Waals surface area contributed by atoms with Crippen LogP contribution in [0.25, 0.3) is 11.1 Å². The van der Waals surface area contributed by atoms with Gasteiger partial charge in [0.05, 0.1) is 17.7 Å². The molecule has 0 radical (unpaired) electrons. The van der Waals surface area contributed by atoms with Gasteiger partial charge in [0.1, 0.15) is 0 Å². The number of aromatic nitrogens is 1. The predicted octanol–water partition coefficient (Wildman–Crippen LogP) is 4.86. The molecule has 3 aliphatic rings. The Balaban J connectivity index is 1.28. The number of piperidine rings is 2. The Bertz CT molecular complexity index is 1190. The van der Waals surface area contributed by atoms with Crippen LogP contribution in [-0.4, -0.2) is 63.1 Å². The summed E-state index contributed by atoms with van der Waals surface area (Å²) in [7, 11) is 0. The smallest absolute Gasteiger partial charge is 0.255 e. The molecule has 1 N–H and O–H groups in total. The van der Waals surface area contributed by atoms with Gasteiger partial charge in [-0.1, -0.05) is 62.4 Å². The average Bonchev–Trinajstić information content (AvgIpc) is 2.98. The maximum Gasteiger partial charge on any atom is 0.255 e. The second-order valence-corrected chi connectivity index (χ2v) is 11.9. The highest BCUT2D eigenvalue weighted by Gasteiger charge is 2.35. The van der Waals surface area contributed by atoms with Gasteiger partial charge in [-0.3, -0.25) is 14.4 Å². The summed E-state index contributed by atoms with van der Waals surface area (Å²) >= 11 is 0. The minimum Gasteiger partial charge on any atom is -0.388 e. The Morgan fingerprint density at radius 2 is 1.54 bits per heavy atom. The van der Waals surface area contributed by atoms with Crippen molar-refractivity contribution < 1.29 is 14.7 Å². The number of amides is 2. The molecule has 0 bridgehead atoms. The van der Waals surface area contributed by atoms with Crippen LogP contribution >= 0.6 is 0 Å². The highest BCUT2D eigenvalue weighted by atomic mass is 16.3. The van der Waals surface area contributed by atoms with E-state index in [4.69, 9.17) is 0 Å². The molecule has 2 aliphatic heterocycles. The number of rotatable bonds is 7. The molecule has 2 saturated heterocycles. The van der Waals surface area contributed by atoms with Crippen LogP contribution in [-0.2, 0) is 11.3 Å². The molecule has 3 fully saturated rings. The number of carbonyl (C=O) groups is 2. The van der Waals surface area contributed by atoms with Gasteiger partial charge in [-0.15, -0.1) is 0 Å². The summed E-state index contributed by atoms with van der Waals surface area (Å²) in [5.74, 6) is 0.797. The Labute approximate surface area is 231 Å². The zero-order valence-electron chi connectivity index (χ0n) is 23.2. The lowest BCUT2D eigenvalue weighted by Crippen LogP contribution is -2.49. The van der Waals surface area contributed by atoms with Crippen molar-refractivity contribution in [1.29, 1.82) is 0 Å². The van der Waals surface area contributed by atoms with Crippen molar-refractivity contribution >= 4 is 11.8 Å². The monoisotopic (exact) mass is 533 g/mol. The van der Waals surface area contributed by atoms with Gasteiger partial charge in [0.15, 0.2) is 0 Å². The lowest BCUT2D eigenvalue weighted by molar-refractivity contribution is -0.136. The number of hydrogen-bond acceptors (Lipinski definition) is 4. The molecule has 2 aromatic rings. The van der Waals surface area contributed by atoms with Gasteiger partial charge in [-0.2, -0.15) is 0 Å². The predicted molar refractivity (Wildman–Crippen MR) is 152 cm³/mol. The van der Waals surface area contributed by atoms with Crippen LogP contribution in [0.1, 0.15) is 87.4 Å². The summed E-state index contributed by atoms with van der Waals surface area (Å²) in [5, 5.41) is 11.5. The molecule has 7 nitrogen and oxygen atoms in total. The van der Waals surface area contributed by atoms with E-state index >= 15 is 0 Å². The van der Waals surface area contributed by atoms with E-state index in [2.05, 4.69) is 0 Å². The topological polar surface area (TPSA) is 82.8 Å². The molecular formula is C32H43N3O4. The van der Waals surface area contributed by atoms with E-state index in [9.17, 15) is 19.5 Å². The van der Waals surface area contributed by atoms with Gasteiger partial charge in [0.2, 0.25) is 5.91 Å². The summed E-state index contributed by atoms with van der Waals surface area (Å²) < 4.78 is 1.50. The SMILES string of the molecule is O=C(CCC1CCCCC1)N1CCC(O)(Cn2cc(C(=O)N3CCCCC3)c(-c3ccccc3)cc2=O)CC1. The standard InChI is InChI=1S/C32H43N3O4/c36-29(15-14-25-10-4-1-5-11-25)33-20-16-32(39,17-21-33)24-35-23-28(31(38)34-18-8-3-9-19-34)27(22-30(35)37)26-12-6-2-7-13-26/h2,6-7,12-13,22-23,25,39H,1,3-5,8-11,14-21,24H2. The van der Waals surface area contributed by atoms with E-state index in [0.29, 0.717) is 49.4 Å². The van der Waals surface area contributed by atoms with Crippen molar-refractivity contribution in [3.05, 3.63) is 58.5 Å². The van der Waals surface area contributed by atoms with Crippen LogP contribution in [0.3, 0.4) is 0 Å². The third-order valence-corrected chi connectivity index (χ3v) is 9.09. The molecule has 3 heterocycles. The average molecular weight is 534 g/mol. The number of nitrogens with zero attached hydrogens (tertiary/aromatic N) is 3. The highest BCUT2D eigenvalue weighted by molar-refractivity contribution is 6.00.